The van der Waals surface area contributed by atoms with Crippen LogP contribution >= 0.6 is 0 Å². The van der Waals surface area contributed by atoms with E-state index in [1.54, 1.807) is 4.90 Å². The zero-order chi connectivity index (χ0) is 23.9. The molecular formula is C28H43N3O2. The van der Waals surface area contributed by atoms with Crippen molar-refractivity contribution in [1.29, 1.82) is 0 Å². The van der Waals surface area contributed by atoms with E-state index in [1.165, 1.54) is 25.7 Å². The van der Waals surface area contributed by atoms with Crippen molar-refractivity contribution in [2.75, 3.05) is 13.1 Å². The summed E-state index contributed by atoms with van der Waals surface area (Å²) in [5.41, 5.74) is 2.18. The number of carbonyl (C=O) groups excluding carboxylic acids is 2. The molecule has 0 radical (unpaired) electrons. The third-order valence-electron chi connectivity index (χ3n) is 6.18. The van der Waals surface area contributed by atoms with Crippen molar-refractivity contribution in [3.8, 4) is 0 Å². The Kier molecular flexibility index (Phi) is 12.4. The van der Waals surface area contributed by atoms with Gasteiger partial charge in [-0.05, 0) is 30.5 Å². The van der Waals surface area contributed by atoms with Gasteiger partial charge in [0.2, 0.25) is 11.8 Å². The van der Waals surface area contributed by atoms with Gasteiger partial charge in [-0.3, -0.25) is 9.59 Å². The third-order valence-corrected chi connectivity index (χ3v) is 6.18. The lowest BCUT2D eigenvalue weighted by Crippen LogP contribution is -2.43. The second-order valence-corrected chi connectivity index (χ2v) is 9.03. The number of carbonyl (C=O) groups is 2. The number of hydrogen-bond acceptors (Lipinski definition) is 2. The van der Waals surface area contributed by atoms with Crippen molar-refractivity contribution >= 4 is 11.8 Å². The van der Waals surface area contributed by atoms with Gasteiger partial charge in [0.05, 0.1) is 13.1 Å². The molecule has 0 fully saturated rings. The largest absolute Gasteiger partial charge is 0.353 e. The highest BCUT2D eigenvalue weighted by Crippen LogP contribution is 2.13. The van der Waals surface area contributed by atoms with Gasteiger partial charge in [0, 0.05) is 38.4 Å². The molecular weight excluding hydrogens is 410 g/mol. The van der Waals surface area contributed by atoms with E-state index in [4.69, 9.17) is 0 Å². The van der Waals surface area contributed by atoms with Crippen molar-refractivity contribution in [2.24, 2.45) is 7.05 Å². The lowest BCUT2D eigenvalue weighted by atomic mass is 10.1. The first-order valence-corrected chi connectivity index (χ1v) is 12.7. The highest BCUT2D eigenvalue weighted by atomic mass is 16.2. The summed E-state index contributed by atoms with van der Waals surface area (Å²) < 4.78 is 2.05. The SMILES string of the molecule is CCCCCCCCC(=O)N(CCCC)CC(=O)N(Cc1ccccc1)Cc1cccn1C. The topological polar surface area (TPSA) is 45.6 Å². The summed E-state index contributed by atoms with van der Waals surface area (Å²) in [5.74, 6) is 0.123. The van der Waals surface area contributed by atoms with Gasteiger partial charge in [0.25, 0.3) is 0 Å². The Balaban J connectivity index is 2.02. The van der Waals surface area contributed by atoms with E-state index in [2.05, 4.69) is 13.8 Å². The lowest BCUT2D eigenvalue weighted by molar-refractivity contribution is -0.141. The quantitative estimate of drug-likeness (QED) is 0.296. The summed E-state index contributed by atoms with van der Waals surface area (Å²) in [6, 6.07) is 14.1. The Morgan fingerprint density at radius 2 is 1.45 bits per heavy atom. The van der Waals surface area contributed by atoms with Crippen LogP contribution in [0.2, 0.25) is 0 Å². The molecule has 0 aliphatic heterocycles. The second kappa shape index (κ2) is 15.3. The van der Waals surface area contributed by atoms with Crippen LogP contribution in [0.15, 0.2) is 48.7 Å². The summed E-state index contributed by atoms with van der Waals surface area (Å²) in [6.07, 6.45) is 11.4. The molecule has 2 amide bonds. The van der Waals surface area contributed by atoms with Crippen LogP contribution in [-0.4, -0.2) is 39.3 Å². The first-order chi connectivity index (χ1) is 16.0. The molecule has 182 valence electrons. The van der Waals surface area contributed by atoms with E-state index in [0.717, 1.165) is 36.9 Å². The average Bonchev–Trinajstić information content (AvgIpc) is 3.23. The fraction of sp³-hybridized carbons (Fsp3) is 0.571. The van der Waals surface area contributed by atoms with Crippen molar-refractivity contribution in [3.63, 3.8) is 0 Å². The van der Waals surface area contributed by atoms with Crippen LogP contribution in [0.5, 0.6) is 0 Å². The Labute approximate surface area is 200 Å². The summed E-state index contributed by atoms with van der Waals surface area (Å²) in [6.45, 7) is 6.22. The molecule has 0 aliphatic rings. The van der Waals surface area contributed by atoms with Crippen molar-refractivity contribution in [2.45, 2.75) is 84.7 Å². The lowest BCUT2D eigenvalue weighted by Gasteiger charge is -2.28. The fourth-order valence-corrected chi connectivity index (χ4v) is 4.01. The molecule has 0 unspecified atom stereocenters. The van der Waals surface area contributed by atoms with Gasteiger partial charge < -0.3 is 14.4 Å². The van der Waals surface area contributed by atoms with Crippen molar-refractivity contribution in [1.82, 2.24) is 14.4 Å². The van der Waals surface area contributed by atoms with E-state index < -0.39 is 0 Å². The Bertz CT molecular complexity index is 816. The van der Waals surface area contributed by atoms with Crippen LogP contribution in [0.1, 0.15) is 82.9 Å². The van der Waals surface area contributed by atoms with E-state index in [9.17, 15) is 9.59 Å². The second-order valence-electron chi connectivity index (χ2n) is 9.03. The summed E-state index contributed by atoms with van der Waals surface area (Å²) in [7, 11) is 2.00. The van der Waals surface area contributed by atoms with Crippen LogP contribution in [0.3, 0.4) is 0 Å². The highest BCUT2D eigenvalue weighted by Gasteiger charge is 2.22. The molecule has 0 aliphatic carbocycles. The van der Waals surface area contributed by atoms with Crippen LogP contribution in [0.4, 0.5) is 0 Å². The standard InChI is InChI=1S/C28H43N3O2/c1-4-6-8-9-10-14-19-27(32)30(21-7-5-2)24-28(33)31(22-25-16-12-11-13-17-25)23-26-18-15-20-29(26)3/h11-13,15-18,20H,4-10,14,19,21-24H2,1-3H3. The number of aromatic nitrogens is 1. The predicted molar refractivity (Wildman–Crippen MR) is 136 cm³/mol. The van der Waals surface area contributed by atoms with Gasteiger partial charge in [-0.15, -0.1) is 0 Å². The van der Waals surface area contributed by atoms with Crippen molar-refractivity contribution < 1.29 is 9.59 Å². The highest BCUT2D eigenvalue weighted by molar-refractivity contribution is 5.84. The summed E-state index contributed by atoms with van der Waals surface area (Å²) in [4.78, 5) is 30.1. The van der Waals surface area contributed by atoms with E-state index in [1.807, 2.05) is 65.2 Å². The van der Waals surface area contributed by atoms with Crippen molar-refractivity contribution in [3.05, 3.63) is 59.9 Å². The monoisotopic (exact) mass is 453 g/mol. The van der Waals surface area contributed by atoms with Gasteiger partial charge in [0.1, 0.15) is 0 Å². The maximum atomic E-state index is 13.4. The predicted octanol–water partition coefficient (Wildman–Crippen LogP) is 5.93. The normalized spacial score (nSPS) is 10.9. The Hall–Kier alpha value is -2.56. The van der Waals surface area contributed by atoms with Gasteiger partial charge in [-0.25, -0.2) is 0 Å². The molecule has 0 saturated carbocycles. The minimum atomic E-state index is 0.00690. The molecule has 1 heterocycles. The molecule has 2 aromatic rings. The molecule has 2 rings (SSSR count). The maximum Gasteiger partial charge on any atom is 0.242 e. The van der Waals surface area contributed by atoms with Gasteiger partial charge >= 0.3 is 0 Å². The minimum Gasteiger partial charge on any atom is -0.353 e. The van der Waals surface area contributed by atoms with Crippen LogP contribution in [0.25, 0.3) is 0 Å². The molecule has 1 aromatic heterocycles. The molecule has 0 N–H and O–H groups in total. The molecule has 0 atom stereocenters. The number of hydrogen-bond donors (Lipinski definition) is 0. The number of aryl methyl sites for hydroxylation is 1. The summed E-state index contributed by atoms with van der Waals surface area (Å²) >= 11 is 0. The molecule has 0 spiro atoms. The Morgan fingerprint density at radius 1 is 0.758 bits per heavy atom. The minimum absolute atomic E-state index is 0.00690. The zero-order valence-corrected chi connectivity index (χ0v) is 21.0. The fourth-order valence-electron chi connectivity index (χ4n) is 4.01. The molecule has 33 heavy (non-hydrogen) atoms. The van der Waals surface area contributed by atoms with Gasteiger partial charge in [-0.1, -0.05) is 82.7 Å². The van der Waals surface area contributed by atoms with Gasteiger partial charge in [-0.2, -0.15) is 0 Å². The van der Waals surface area contributed by atoms with E-state index in [0.29, 0.717) is 26.1 Å². The zero-order valence-electron chi connectivity index (χ0n) is 21.0. The van der Waals surface area contributed by atoms with Gasteiger partial charge in [0.15, 0.2) is 0 Å². The van der Waals surface area contributed by atoms with E-state index >= 15 is 0 Å². The molecule has 0 bridgehead atoms. The first-order valence-electron chi connectivity index (χ1n) is 12.7. The summed E-state index contributed by atoms with van der Waals surface area (Å²) in [5, 5.41) is 0. The molecule has 0 saturated heterocycles. The smallest absolute Gasteiger partial charge is 0.242 e. The number of nitrogens with zero attached hydrogens (tertiary/aromatic N) is 3. The maximum absolute atomic E-state index is 13.4. The molecule has 5 heteroatoms. The molecule has 1 aromatic carbocycles. The third kappa shape index (κ3) is 9.85. The number of rotatable bonds is 16. The number of amides is 2. The van der Waals surface area contributed by atoms with Crippen LogP contribution in [-0.2, 0) is 29.7 Å². The Morgan fingerprint density at radius 3 is 2.12 bits per heavy atom. The van der Waals surface area contributed by atoms with Crippen LogP contribution < -0.4 is 0 Å². The van der Waals surface area contributed by atoms with Crippen LogP contribution in [0, 0.1) is 0 Å². The van der Waals surface area contributed by atoms with E-state index in [-0.39, 0.29) is 18.4 Å². The molecule has 5 nitrogen and oxygen atoms in total. The average molecular weight is 454 g/mol. The number of benzene rings is 1. The first kappa shape index (κ1) is 26.7. The number of unbranched alkanes of at least 4 members (excludes halogenated alkanes) is 6.